The second-order valence-electron chi connectivity index (χ2n) is 6.90. The van der Waals surface area contributed by atoms with Gasteiger partial charge < -0.3 is 5.32 Å². The third kappa shape index (κ3) is 4.75. The Balaban J connectivity index is 1.66. The summed E-state index contributed by atoms with van der Waals surface area (Å²) in [6.45, 7) is 2.27. The Morgan fingerprint density at radius 1 is 1.17 bits per heavy atom. The minimum absolute atomic E-state index is 0.125. The van der Waals surface area contributed by atoms with Crippen molar-refractivity contribution in [3.63, 3.8) is 0 Å². The molecule has 0 atom stereocenters. The predicted molar refractivity (Wildman–Crippen MR) is 109 cm³/mol. The van der Waals surface area contributed by atoms with Gasteiger partial charge in [0.2, 0.25) is 15.9 Å². The smallest absolute Gasteiger partial charge is 0.289 e. The van der Waals surface area contributed by atoms with E-state index in [1.54, 1.807) is 0 Å². The number of amides is 1. The van der Waals surface area contributed by atoms with Crippen LogP contribution in [0.3, 0.4) is 0 Å². The van der Waals surface area contributed by atoms with Crippen molar-refractivity contribution in [1.82, 2.24) is 4.31 Å². The van der Waals surface area contributed by atoms with Gasteiger partial charge in [-0.25, -0.2) is 8.42 Å². The molecule has 2 aromatic rings. The first-order chi connectivity index (χ1) is 13.7. The molecule has 2 aromatic carbocycles. The molecule has 1 amide bonds. The van der Waals surface area contributed by atoms with Gasteiger partial charge in [-0.05, 0) is 44.0 Å². The molecule has 154 valence electrons. The number of piperidine rings is 1. The van der Waals surface area contributed by atoms with Gasteiger partial charge in [-0.3, -0.25) is 14.9 Å². The molecule has 29 heavy (non-hydrogen) atoms. The lowest BCUT2D eigenvalue weighted by Gasteiger charge is -2.30. The predicted octanol–water partition coefficient (Wildman–Crippen LogP) is 3.60. The molecule has 0 radical (unpaired) electrons. The summed E-state index contributed by atoms with van der Waals surface area (Å²) in [5.74, 6) is -0.449. The summed E-state index contributed by atoms with van der Waals surface area (Å²) in [5, 5.41) is 13.8. The largest absolute Gasteiger partial charge is 0.326 e. The summed E-state index contributed by atoms with van der Waals surface area (Å²) in [6, 6.07) is 10.9. The van der Waals surface area contributed by atoms with Gasteiger partial charge >= 0.3 is 0 Å². The molecule has 1 saturated heterocycles. The van der Waals surface area contributed by atoms with Crippen LogP contribution in [0, 0.1) is 23.0 Å². The number of carbonyl (C=O) groups is 1. The minimum atomic E-state index is -3.91. The summed E-state index contributed by atoms with van der Waals surface area (Å²) >= 11 is 5.76. The third-order valence-corrected chi connectivity index (χ3v) is 7.11. The summed E-state index contributed by atoms with van der Waals surface area (Å²) < 4.78 is 26.9. The molecule has 0 saturated carbocycles. The summed E-state index contributed by atoms with van der Waals surface area (Å²) in [5.41, 5.74) is 1.33. The summed E-state index contributed by atoms with van der Waals surface area (Å²) in [7, 11) is -3.91. The maximum absolute atomic E-state index is 12.8. The number of aryl methyl sites for hydroxylation is 1. The average molecular weight is 438 g/mol. The second kappa shape index (κ2) is 8.48. The van der Waals surface area contributed by atoms with Crippen molar-refractivity contribution < 1.29 is 18.1 Å². The Bertz CT molecular complexity index is 1030. The number of benzene rings is 2. The van der Waals surface area contributed by atoms with Crippen LogP contribution in [0.25, 0.3) is 0 Å². The molecule has 0 spiro atoms. The lowest BCUT2D eigenvalue weighted by molar-refractivity contribution is -0.384. The molecular formula is C19H20ClN3O5S. The second-order valence-corrected chi connectivity index (χ2v) is 9.25. The third-order valence-electron chi connectivity index (χ3n) is 4.90. The molecule has 10 heteroatoms. The van der Waals surface area contributed by atoms with Crippen molar-refractivity contribution in [1.29, 1.82) is 0 Å². The number of carbonyl (C=O) groups excluding carboxylic acids is 1. The minimum Gasteiger partial charge on any atom is -0.326 e. The van der Waals surface area contributed by atoms with Gasteiger partial charge in [0.05, 0.1) is 9.82 Å². The number of nitro benzene ring substituents is 1. The van der Waals surface area contributed by atoms with E-state index in [4.69, 9.17) is 11.6 Å². The van der Waals surface area contributed by atoms with Crippen LogP contribution < -0.4 is 5.32 Å². The SMILES string of the molecule is Cc1ccc(NC(=O)C2CCN(S(=O)(=O)c3ccc(Cl)c([N+](=O)[O-])c3)CC2)cc1. The van der Waals surface area contributed by atoms with E-state index in [0.717, 1.165) is 11.6 Å². The Kier molecular flexibility index (Phi) is 6.21. The Morgan fingerprint density at radius 2 is 1.79 bits per heavy atom. The number of sulfonamides is 1. The summed E-state index contributed by atoms with van der Waals surface area (Å²) in [4.78, 5) is 22.6. The molecule has 1 heterocycles. The van der Waals surface area contributed by atoms with Gasteiger partial charge in [0, 0.05) is 30.8 Å². The highest BCUT2D eigenvalue weighted by Crippen LogP contribution is 2.30. The lowest BCUT2D eigenvalue weighted by atomic mass is 9.97. The molecule has 1 aliphatic heterocycles. The molecule has 1 aliphatic rings. The fourth-order valence-electron chi connectivity index (χ4n) is 3.18. The quantitative estimate of drug-likeness (QED) is 0.567. The van der Waals surface area contributed by atoms with Crippen molar-refractivity contribution in [3.05, 3.63) is 63.2 Å². The van der Waals surface area contributed by atoms with Crippen LogP contribution in [0.5, 0.6) is 0 Å². The molecule has 0 aromatic heterocycles. The van der Waals surface area contributed by atoms with E-state index in [-0.39, 0.29) is 34.8 Å². The van der Waals surface area contributed by atoms with Gasteiger partial charge in [0.15, 0.2) is 0 Å². The Morgan fingerprint density at radius 3 is 2.38 bits per heavy atom. The summed E-state index contributed by atoms with van der Waals surface area (Å²) in [6.07, 6.45) is 0.735. The highest BCUT2D eigenvalue weighted by Gasteiger charge is 2.33. The van der Waals surface area contributed by atoms with E-state index in [0.29, 0.717) is 18.5 Å². The highest BCUT2D eigenvalue weighted by molar-refractivity contribution is 7.89. The monoisotopic (exact) mass is 437 g/mol. The van der Waals surface area contributed by atoms with E-state index in [9.17, 15) is 23.3 Å². The van der Waals surface area contributed by atoms with Gasteiger partial charge in [0.1, 0.15) is 5.02 Å². The zero-order valence-corrected chi connectivity index (χ0v) is 17.2. The van der Waals surface area contributed by atoms with Crippen LogP contribution in [-0.4, -0.2) is 36.6 Å². The van der Waals surface area contributed by atoms with Crippen molar-refractivity contribution in [2.24, 2.45) is 5.92 Å². The van der Waals surface area contributed by atoms with E-state index in [1.807, 2.05) is 31.2 Å². The maximum atomic E-state index is 12.8. The van der Waals surface area contributed by atoms with Crippen molar-refractivity contribution in [2.45, 2.75) is 24.7 Å². The average Bonchev–Trinajstić information content (AvgIpc) is 2.69. The number of rotatable bonds is 5. The fourth-order valence-corrected chi connectivity index (χ4v) is 4.86. The first-order valence-electron chi connectivity index (χ1n) is 9.00. The Hall–Kier alpha value is -2.49. The van der Waals surface area contributed by atoms with E-state index in [2.05, 4.69) is 5.32 Å². The van der Waals surface area contributed by atoms with Gasteiger partial charge in [-0.2, -0.15) is 4.31 Å². The van der Waals surface area contributed by atoms with Crippen molar-refractivity contribution in [3.8, 4) is 0 Å². The van der Waals surface area contributed by atoms with Crippen LogP contribution in [0.4, 0.5) is 11.4 Å². The normalized spacial score (nSPS) is 15.8. The first-order valence-corrected chi connectivity index (χ1v) is 10.8. The number of nitrogens with one attached hydrogen (secondary N) is 1. The fraction of sp³-hybridized carbons (Fsp3) is 0.316. The topological polar surface area (TPSA) is 110 Å². The maximum Gasteiger partial charge on any atom is 0.289 e. The van der Waals surface area contributed by atoms with Crippen LogP contribution in [-0.2, 0) is 14.8 Å². The zero-order chi connectivity index (χ0) is 21.2. The van der Waals surface area contributed by atoms with Crippen molar-refractivity contribution >= 4 is 38.9 Å². The number of nitro groups is 1. The van der Waals surface area contributed by atoms with E-state index >= 15 is 0 Å². The van der Waals surface area contributed by atoms with E-state index < -0.39 is 20.6 Å². The van der Waals surface area contributed by atoms with Crippen molar-refractivity contribution in [2.75, 3.05) is 18.4 Å². The standard InChI is InChI=1S/C19H20ClN3O5S/c1-13-2-4-15(5-3-13)21-19(24)14-8-10-22(11-9-14)29(27,28)16-6-7-17(20)18(12-16)23(25)26/h2-7,12,14H,8-11H2,1H3,(H,21,24). The van der Waals surface area contributed by atoms with Crippen LogP contribution in [0.1, 0.15) is 18.4 Å². The van der Waals surface area contributed by atoms with Crippen LogP contribution in [0.2, 0.25) is 5.02 Å². The van der Waals surface area contributed by atoms with Gasteiger partial charge in [-0.1, -0.05) is 29.3 Å². The molecular weight excluding hydrogens is 418 g/mol. The lowest BCUT2D eigenvalue weighted by Crippen LogP contribution is -2.41. The molecule has 0 unspecified atom stereocenters. The Labute approximate surface area is 173 Å². The number of anilines is 1. The highest BCUT2D eigenvalue weighted by atomic mass is 35.5. The molecule has 8 nitrogen and oxygen atoms in total. The molecule has 3 rings (SSSR count). The molecule has 0 aliphatic carbocycles. The number of hydrogen-bond donors (Lipinski definition) is 1. The van der Waals surface area contributed by atoms with Gasteiger partial charge in [-0.15, -0.1) is 0 Å². The zero-order valence-electron chi connectivity index (χ0n) is 15.7. The number of halogens is 1. The number of hydrogen-bond acceptors (Lipinski definition) is 5. The first kappa shape index (κ1) is 21.2. The van der Waals surface area contributed by atoms with Gasteiger partial charge in [0.25, 0.3) is 5.69 Å². The van der Waals surface area contributed by atoms with E-state index in [1.165, 1.54) is 16.4 Å². The molecule has 0 bridgehead atoms. The van der Waals surface area contributed by atoms with Crippen LogP contribution in [0.15, 0.2) is 47.4 Å². The number of nitrogens with zero attached hydrogens (tertiary/aromatic N) is 2. The van der Waals surface area contributed by atoms with Crippen LogP contribution >= 0.6 is 11.6 Å². The molecule has 1 fully saturated rings. The molecule has 1 N–H and O–H groups in total.